The van der Waals surface area contributed by atoms with Gasteiger partial charge in [0.05, 0.1) is 18.9 Å². The Kier molecular flexibility index (Phi) is 4.42. The Hall–Kier alpha value is -2.19. The van der Waals surface area contributed by atoms with Gasteiger partial charge in [0, 0.05) is 19.8 Å². The van der Waals surface area contributed by atoms with Crippen LogP contribution in [0.25, 0.3) is 0 Å². The van der Waals surface area contributed by atoms with Crippen LogP contribution >= 0.6 is 0 Å². The molecule has 0 bridgehead atoms. The van der Waals surface area contributed by atoms with Crippen molar-refractivity contribution in [2.75, 3.05) is 13.1 Å². The van der Waals surface area contributed by atoms with Crippen LogP contribution in [0.3, 0.4) is 0 Å². The summed E-state index contributed by atoms with van der Waals surface area (Å²) < 4.78 is 28.2. The normalized spacial score (nSPS) is 17.6. The van der Waals surface area contributed by atoms with Crippen LogP contribution in [-0.4, -0.2) is 41.9 Å². The lowest BCUT2D eigenvalue weighted by molar-refractivity contribution is -0.132. The second kappa shape index (κ2) is 6.37. The number of nitrogens with zero attached hydrogens (tertiary/aromatic N) is 3. The van der Waals surface area contributed by atoms with E-state index in [0.717, 1.165) is 12.0 Å². The molecule has 1 aliphatic heterocycles. The third kappa shape index (κ3) is 3.20. The van der Waals surface area contributed by atoms with Crippen LogP contribution in [0.2, 0.25) is 0 Å². The third-order valence-corrected chi connectivity index (χ3v) is 5.57. The van der Waals surface area contributed by atoms with E-state index in [1.807, 2.05) is 25.1 Å². The highest BCUT2D eigenvalue weighted by Gasteiger charge is 2.28. The van der Waals surface area contributed by atoms with Crippen molar-refractivity contribution in [3.63, 3.8) is 0 Å². The molecule has 0 spiro atoms. The number of carbonyl (C=O) groups is 1. The number of hydrogen-bond donors (Lipinski definition) is 1. The second-order valence-electron chi connectivity index (χ2n) is 5.91. The van der Waals surface area contributed by atoms with Crippen molar-refractivity contribution in [3.8, 4) is 0 Å². The SMILES string of the molecule is C[C@H]1c2ccccc2CCN1C(=O)CNS(=O)(=O)c1cn(C)cn1. The number of amides is 1. The quantitative estimate of drug-likeness (QED) is 0.887. The molecule has 2 aromatic rings. The van der Waals surface area contributed by atoms with Crippen LogP contribution in [0.1, 0.15) is 24.1 Å². The lowest BCUT2D eigenvalue weighted by Gasteiger charge is -2.35. The van der Waals surface area contributed by atoms with Crippen molar-refractivity contribution in [2.45, 2.75) is 24.4 Å². The highest BCUT2D eigenvalue weighted by molar-refractivity contribution is 7.89. The van der Waals surface area contributed by atoms with Gasteiger partial charge in [-0.3, -0.25) is 4.79 Å². The average Bonchev–Trinajstić information content (AvgIpc) is 3.01. The zero-order valence-corrected chi connectivity index (χ0v) is 14.5. The standard InChI is InChI=1S/C16H20N4O3S/c1-12-14-6-4-3-5-13(14)7-8-20(12)16(21)9-18-24(22,23)15-10-19(2)11-17-15/h3-6,10-12,18H,7-9H2,1-2H3/t12-/m0/s1. The van der Waals surface area contributed by atoms with Crippen LogP contribution in [0, 0.1) is 0 Å². The molecular weight excluding hydrogens is 328 g/mol. The molecule has 1 aromatic carbocycles. The number of aryl methyl sites for hydroxylation is 1. The number of rotatable bonds is 4. The first-order valence-electron chi connectivity index (χ1n) is 7.73. The van der Waals surface area contributed by atoms with Crippen molar-refractivity contribution in [1.29, 1.82) is 0 Å². The van der Waals surface area contributed by atoms with Crippen LogP contribution in [0.4, 0.5) is 0 Å². The topological polar surface area (TPSA) is 84.3 Å². The first-order valence-corrected chi connectivity index (χ1v) is 9.22. The largest absolute Gasteiger partial charge is 0.339 e. The summed E-state index contributed by atoms with van der Waals surface area (Å²) in [4.78, 5) is 18.0. The highest BCUT2D eigenvalue weighted by Crippen LogP contribution is 2.28. The van der Waals surface area contributed by atoms with Gasteiger partial charge in [-0.15, -0.1) is 0 Å². The molecule has 0 saturated heterocycles. The number of aromatic nitrogens is 2. The minimum atomic E-state index is -3.78. The summed E-state index contributed by atoms with van der Waals surface area (Å²) in [6, 6.07) is 7.95. The van der Waals surface area contributed by atoms with Gasteiger partial charge in [0.2, 0.25) is 5.91 Å². The first kappa shape index (κ1) is 16.7. The summed E-state index contributed by atoms with van der Waals surface area (Å²) >= 11 is 0. The lowest BCUT2D eigenvalue weighted by Crippen LogP contribution is -2.44. The van der Waals surface area contributed by atoms with E-state index < -0.39 is 10.0 Å². The van der Waals surface area contributed by atoms with E-state index in [9.17, 15) is 13.2 Å². The summed E-state index contributed by atoms with van der Waals surface area (Å²) in [5.41, 5.74) is 2.35. The van der Waals surface area contributed by atoms with Crippen molar-refractivity contribution in [3.05, 3.63) is 47.9 Å². The van der Waals surface area contributed by atoms with Crippen LogP contribution in [0.5, 0.6) is 0 Å². The first-order chi connectivity index (χ1) is 11.4. The fourth-order valence-electron chi connectivity index (χ4n) is 2.97. The number of imidazole rings is 1. The summed E-state index contributed by atoms with van der Waals surface area (Å²) in [6.45, 7) is 2.27. The number of hydrogen-bond acceptors (Lipinski definition) is 4. The van der Waals surface area contributed by atoms with E-state index in [-0.39, 0.29) is 23.5 Å². The number of benzene rings is 1. The molecule has 1 aromatic heterocycles. The molecule has 0 aliphatic carbocycles. The lowest BCUT2D eigenvalue weighted by atomic mass is 9.93. The predicted molar refractivity (Wildman–Crippen MR) is 88.7 cm³/mol. The zero-order chi connectivity index (χ0) is 17.3. The fourth-order valence-corrected chi connectivity index (χ4v) is 3.92. The second-order valence-corrected chi connectivity index (χ2v) is 7.63. The number of nitrogens with one attached hydrogen (secondary N) is 1. The molecular formula is C16H20N4O3S. The molecule has 3 rings (SSSR count). The molecule has 8 heteroatoms. The molecule has 128 valence electrons. The van der Waals surface area contributed by atoms with Gasteiger partial charge in [0.1, 0.15) is 0 Å². The van der Waals surface area contributed by atoms with Crippen LogP contribution < -0.4 is 4.72 Å². The zero-order valence-electron chi connectivity index (χ0n) is 13.6. The van der Waals surface area contributed by atoms with Crippen LogP contribution in [-0.2, 0) is 28.3 Å². The Morgan fingerprint density at radius 2 is 2.12 bits per heavy atom. The van der Waals surface area contributed by atoms with Crippen molar-refractivity contribution < 1.29 is 13.2 Å². The minimum Gasteiger partial charge on any atom is -0.339 e. The predicted octanol–water partition coefficient (Wildman–Crippen LogP) is 0.844. The van der Waals surface area contributed by atoms with E-state index in [2.05, 4.69) is 15.8 Å². The monoisotopic (exact) mass is 348 g/mol. The van der Waals surface area contributed by atoms with Gasteiger partial charge in [-0.25, -0.2) is 18.1 Å². The number of carbonyl (C=O) groups excluding carboxylic acids is 1. The molecule has 24 heavy (non-hydrogen) atoms. The summed E-state index contributed by atoms with van der Waals surface area (Å²) in [6.07, 6.45) is 3.58. The summed E-state index contributed by atoms with van der Waals surface area (Å²) in [5, 5.41) is -0.0881. The molecule has 1 atom stereocenters. The van der Waals surface area contributed by atoms with Gasteiger partial charge >= 0.3 is 0 Å². The summed E-state index contributed by atoms with van der Waals surface area (Å²) in [5.74, 6) is -0.239. The van der Waals surface area contributed by atoms with Gasteiger partial charge in [0.15, 0.2) is 5.03 Å². The van der Waals surface area contributed by atoms with Crippen molar-refractivity contribution in [1.82, 2.24) is 19.2 Å². The molecule has 1 aliphatic rings. The fraction of sp³-hybridized carbons (Fsp3) is 0.375. The van der Waals surface area contributed by atoms with E-state index in [0.29, 0.717) is 6.54 Å². The smallest absolute Gasteiger partial charge is 0.260 e. The maximum Gasteiger partial charge on any atom is 0.260 e. The van der Waals surface area contributed by atoms with Gasteiger partial charge in [0.25, 0.3) is 10.0 Å². The average molecular weight is 348 g/mol. The molecule has 0 radical (unpaired) electrons. The van der Waals surface area contributed by atoms with E-state index in [1.54, 1.807) is 16.5 Å². The van der Waals surface area contributed by atoms with E-state index >= 15 is 0 Å². The van der Waals surface area contributed by atoms with Crippen LogP contribution in [0.15, 0.2) is 41.8 Å². The Morgan fingerprint density at radius 1 is 1.38 bits per heavy atom. The minimum absolute atomic E-state index is 0.0678. The molecule has 2 heterocycles. The Bertz CT molecular complexity index is 860. The Morgan fingerprint density at radius 3 is 2.83 bits per heavy atom. The Balaban J connectivity index is 1.68. The molecule has 0 fully saturated rings. The summed E-state index contributed by atoms with van der Waals surface area (Å²) in [7, 11) is -2.10. The molecule has 1 N–H and O–H groups in total. The maximum absolute atomic E-state index is 12.5. The molecule has 1 amide bonds. The maximum atomic E-state index is 12.5. The molecule has 0 saturated carbocycles. The van der Waals surface area contributed by atoms with Gasteiger partial charge in [-0.1, -0.05) is 24.3 Å². The van der Waals surface area contributed by atoms with Gasteiger partial charge in [-0.05, 0) is 24.5 Å². The molecule has 7 nitrogen and oxygen atoms in total. The Labute approximate surface area is 141 Å². The van der Waals surface area contributed by atoms with Gasteiger partial charge in [-0.2, -0.15) is 0 Å². The molecule has 0 unspecified atom stereocenters. The van der Waals surface area contributed by atoms with E-state index in [4.69, 9.17) is 0 Å². The third-order valence-electron chi connectivity index (χ3n) is 4.29. The highest BCUT2D eigenvalue weighted by atomic mass is 32.2. The van der Waals surface area contributed by atoms with Crippen molar-refractivity contribution in [2.24, 2.45) is 7.05 Å². The van der Waals surface area contributed by atoms with Gasteiger partial charge < -0.3 is 9.47 Å². The van der Waals surface area contributed by atoms with Crippen molar-refractivity contribution >= 4 is 15.9 Å². The van der Waals surface area contributed by atoms with E-state index in [1.165, 1.54) is 18.1 Å². The number of fused-ring (bicyclic) bond motifs is 1. The number of sulfonamides is 1.